The maximum atomic E-state index is 13.3. The van der Waals surface area contributed by atoms with Gasteiger partial charge in [0, 0.05) is 5.56 Å². The predicted molar refractivity (Wildman–Crippen MR) is 139 cm³/mol. The van der Waals surface area contributed by atoms with Gasteiger partial charge in [-0.1, -0.05) is 25.1 Å². The standard InChI is InChI=1S/C26H28N2O7S2/c1-4-36(31,32)21-9-6-19(7-10-21)22(15-29)27-26(30)20-8-11-23(18(3)14-20)28-16-35-24-12-5-17(2)13-25(24)37(28,33)34/h5-14,22,29H,4,15-16H2,1-3H3,(H,27,30)/t22-/m0/s1. The van der Waals surface area contributed by atoms with Crippen LogP contribution >= 0.6 is 0 Å². The van der Waals surface area contributed by atoms with Crippen molar-refractivity contribution in [1.29, 1.82) is 0 Å². The minimum absolute atomic E-state index is 0.0289. The molecule has 0 spiro atoms. The number of ether oxygens (including phenoxy) is 1. The second-order valence-corrected chi connectivity index (χ2v) is 12.9. The van der Waals surface area contributed by atoms with E-state index in [9.17, 15) is 26.7 Å². The first-order valence-electron chi connectivity index (χ1n) is 11.6. The monoisotopic (exact) mass is 544 g/mol. The van der Waals surface area contributed by atoms with Gasteiger partial charge in [-0.3, -0.25) is 4.79 Å². The first kappa shape index (κ1) is 26.6. The molecule has 3 aromatic carbocycles. The number of rotatable bonds is 7. The molecule has 0 aliphatic carbocycles. The molecule has 2 N–H and O–H groups in total. The Bertz CT molecular complexity index is 1550. The van der Waals surface area contributed by atoms with Gasteiger partial charge in [0.05, 0.1) is 29.0 Å². The molecule has 0 unspecified atom stereocenters. The van der Waals surface area contributed by atoms with Crippen molar-refractivity contribution in [3.8, 4) is 5.75 Å². The number of anilines is 1. The van der Waals surface area contributed by atoms with Crippen molar-refractivity contribution in [2.24, 2.45) is 0 Å². The maximum absolute atomic E-state index is 13.3. The lowest BCUT2D eigenvalue weighted by atomic mass is 10.1. The first-order chi connectivity index (χ1) is 17.5. The zero-order chi connectivity index (χ0) is 27.0. The summed E-state index contributed by atoms with van der Waals surface area (Å²) in [6.07, 6.45) is 0. The van der Waals surface area contributed by atoms with Gasteiger partial charge in [0.25, 0.3) is 15.9 Å². The minimum atomic E-state index is -3.86. The number of benzene rings is 3. The Hall–Kier alpha value is -3.41. The van der Waals surface area contributed by atoms with Crippen LogP contribution in [0.2, 0.25) is 0 Å². The Kier molecular flexibility index (Phi) is 7.31. The molecule has 0 aromatic heterocycles. The second-order valence-electron chi connectivity index (χ2n) is 8.76. The van der Waals surface area contributed by atoms with Crippen LogP contribution in [0.1, 0.15) is 40.0 Å². The Morgan fingerprint density at radius 3 is 2.41 bits per heavy atom. The highest BCUT2D eigenvalue weighted by Gasteiger charge is 2.34. The fraction of sp³-hybridized carbons (Fsp3) is 0.269. The van der Waals surface area contributed by atoms with Gasteiger partial charge in [0.1, 0.15) is 10.6 Å². The molecular weight excluding hydrogens is 516 g/mol. The highest BCUT2D eigenvalue weighted by Crippen LogP contribution is 2.36. The molecule has 9 nitrogen and oxygen atoms in total. The molecule has 3 aromatic rings. The summed E-state index contributed by atoms with van der Waals surface area (Å²) in [5.74, 6) is -0.206. The third-order valence-corrected chi connectivity index (χ3v) is 9.75. The van der Waals surface area contributed by atoms with Crippen molar-refractivity contribution in [3.63, 3.8) is 0 Å². The van der Waals surface area contributed by atoms with Crippen molar-refractivity contribution in [2.75, 3.05) is 23.4 Å². The van der Waals surface area contributed by atoms with E-state index in [2.05, 4.69) is 5.32 Å². The number of nitrogens with zero attached hydrogens (tertiary/aromatic N) is 1. The van der Waals surface area contributed by atoms with Crippen LogP contribution in [-0.4, -0.2) is 46.9 Å². The summed E-state index contributed by atoms with van der Waals surface area (Å²) in [4.78, 5) is 13.2. The van der Waals surface area contributed by atoms with Gasteiger partial charge >= 0.3 is 0 Å². The SMILES string of the molecule is CCS(=O)(=O)c1ccc([C@H](CO)NC(=O)c2ccc(N3COc4ccc(C)cc4S3(=O)=O)c(C)c2)cc1. The number of carbonyl (C=O) groups is 1. The van der Waals surface area contributed by atoms with E-state index in [1.54, 1.807) is 63.2 Å². The number of fused-ring (bicyclic) bond motifs is 1. The first-order valence-corrected chi connectivity index (χ1v) is 14.7. The Morgan fingerprint density at radius 2 is 1.78 bits per heavy atom. The number of sulfone groups is 1. The zero-order valence-electron chi connectivity index (χ0n) is 20.6. The molecule has 1 aliphatic rings. The number of aliphatic hydroxyl groups is 1. The van der Waals surface area contributed by atoms with Crippen LogP contribution in [-0.2, 0) is 19.9 Å². The van der Waals surface area contributed by atoms with Crippen molar-refractivity contribution in [1.82, 2.24) is 5.32 Å². The lowest BCUT2D eigenvalue weighted by Crippen LogP contribution is -2.39. The van der Waals surface area contributed by atoms with E-state index < -0.39 is 38.4 Å². The zero-order valence-corrected chi connectivity index (χ0v) is 22.3. The van der Waals surface area contributed by atoms with Crippen molar-refractivity contribution < 1.29 is 31.5 Å². The molecule has 37 heavy (non-hydrogen) atoms. The molecule has 0 saturated heterocycles. The molecule has 0 bridgehead atoms. The van der Waals surface area contributed by atoms with Gasteiger partial charge in [-0.2, -0.15) is 0 Å². The summed E-state index contributed by atoms with van der Waals surface area (Å²) in [7, 11) is -7.22. The van der Waals surface area contributed by atoms with E-state index in [1.165, 1.54) is 18.2 Å². The smallest absolute Gasteiger partial charge is 0.270 e. The second kappa shape index (κ2) is 10.2. The summed E-state index contributed by atoms with van der Waals surface area (Å²) in [5.41, 5.74) is 2.54. The minimum Gasteiger partial charge on any atom is -0.471 e. The largest absolute Gasteiger partial charge is 0.471 e. The topological polar surface area (TPSA) is 130 Å². The van der Waals surface area contributed by atoms with Gasteiger partial charge in [0.2, 0.25) is 0 Å². The van der Waals surface area contributed by atoms with Gasteiger partial charge in [-0.15, -0.1) is 0 Å². The van der Waals surface area contributed by atoms with Crippen LogP contribution in [0.5, 0.6) is 5.75 Å². The summed E-state index contributed by atoms with van der Waals surface area (Å²) in [6, 6.07) is 14.8. The number of carbonyl (C=O) groups excluding carboxylic acids is 1. The van der Waals surface area contributed by atoms with E-state index in [0.717, 1.165) is 9.87 Å². The summed E-state index contributed by atoms with van der Waals surface area (Å²) < 4.78 is 57.5. The number of sulfonamides is 1. The maximum Gasteiger partial charge on any atom is 0.270 e. The molecule has 11 heteroatoms. The van der Waals surface area contributed by atoms with Crippen molar-refractivity contribution >= 4 is 31.5 Å². The number of aryl methyl sites for hydroxylation is 2. The third-order valence-electron chi connectivity index (χ3n) is 6.24. The van der Waals surface area contributed by atoms with E-state index >= 15 is 0 Å². The molecule has 0 saturated carbocycles. The number of hydrogen-bond donors (Lipinski definition) is 2. The molecule has 1 aliphatic heterocycles. The van der Waals surface area contributed by atoms with E-state index in [-0.39, 0.29) is 27.8 Å². The number of nitrogens with one attached hydrogen (secondary N) is 1. The molecule has 0 radical (unpaired) electrons. The van der Waals surface area contributed by atoms with Gasteiger partial charge in [-0.25, -0.2) is 21.1 Å². The molecule has 196 valence electrons. The van der Waals surface area contributed by atoms with E-state index in [4.69, 9.17) is 4.74 Å². The lowest BCUT2D eigenvalue weighted by molar-refractivity contribution is 0.0916. The molecule has 4 rings (SSSR count). The van der Waals surface area contributed by atoms with E-state index in [0.29, 0.717) is 22.6 Å². The molecule has 1 atom stereocenters. The number of hydrogen-bond acceptors (Lipinski definition) is 7. The molecule has 1 heterocycles. The summed E-state index contributed by atoms with van der Waals surface area (Å²) >= 11 is 0. The van der Waals surface area contributed by atoms with Crippen LogP contribution in [0.15, 0.2) is 70.5 Å². The van der Waals surface area contributed by atoms with Gasteiger partial charge in [0.15, 0.2) is 16.6 Å². The van der Waals surface area contributed by atoms with E-state index in [1.807, 2.05) is 0 Å². The van der Waals surface area contributed by atoms with Gasteiger partial charge < -0.3 is 15.2 Å². The van der Waals surface area contributed by atoms with Crippen LogP contribution in [0.4, 0.5) is 5.69 Å². The third kappa shape index (κ3) is 5.20. The lowest BCUT2D eigenvalue weighted by Gasteiger charge is -2.31. The fourth-order valence-electron chi connectivity index (χ4n) is 4.08. The average molecular weight is 545 g/mol. The fourth-order valence-corrected chi connectivity index (χ4v) is 6.57. The van der Waals surface area contributed by atoms with Crippen LogP contribution < -0.4 is 14.4 Å². The quantitative estimate of drug-likeness (QED) is 0.467. The van der Waals surface area contributed by atoms with Crippen LogP contribution in [0, 0.1) is 13.8 Å². The normalized spacial score (nSPS) is 15.4. The Balaban J connectivity index is 1.55. The molecular formula is C26H28N2O7S2. The molecule has 0 fully saturated rings. The van der Waals surface area contributed by atoms with Crippen LogP contribution in [0.25, 0.3) is 0 Å². The molecule has 1 amide bonds. The Morgan fingerprint density at radius 1 is 1.08 bits per heavy atom. The number of amides is 1. The highest BCUT2D eigenvalue weighted by atomic mass is 32.2. The van der Waals surface area contributed by atoms with Crippen molar-refractivity contribution in [3.05, 3.63) is 82.9 Å². The Labute approximate surface area is 216 Å². The predicted octanol–water partition coefficient (Wildman–Crippen LogP) is 3.11. The highest BCUT2D eigenvalue weighted by molar-refractivity contribution is 7.93. The summed E-state index contributed by atoms with van der Waals surface area (Å²) in [6.45, 7) is 4.46. The van der Waals surface area contributed by atoms with Crippen molar-refractivity contribution in [2.45, 2.75) is 36.6 Å². The average Bonchev–Trinajstić information content (AvgIpc) is 2.88. The van der Waals surface area contributed by atoms with Crippen LogP contribution in [0.3, 0.4) is 0 Å². The van der Waals surface area contributed by atoms with Gasteiger partial charge in [-0.05, 0) is 73.0 Å². The summed E-state index contributed by atoms with van der Waals surface area (Å²) in [5, 5.41) is 12.6. The number of aliphatic hydroxyl groups excluding tert-OH is 1.